The van der Waals surface area contributed by atoms with Gasteiger partial charge in [0.25, 0.3) is 0 Å². The molecule has 1 aromatic heterocycles. The zero-order valence-corrected chi connectivity index (χ0v) is 16.9. The third-order valence-corrected chi connectivity index (χ3v) is 5.60. The fraction of sp³-hybridized carbons (Fsp3) is 0.444. The minimum atomic E-state index is -1.19. The molecule has 142 valence electrons. The largest absolute Gasteiger partial charge is 0.497 e. The van der Waals surface area contributed by atoms with Gasteiger partial charge in [-0.3, -0.25) is 0 Å². The lowest BCUT2D eigenvalue weighted by atomic mass is 10.1. The van der Waals surface area contributed by atoms with E-state index in [9.17, 15) is 9.90 Å². The maximum atomic E-state index is 11.4. The quantitative estimate of drug-likeness (QED) is 0.530. The monoisotopic (exact) mass is 378 g/mol. The number of carbonyl (C=O) groups is 1. The second-order valence-corrected chi connectivity index (χ2v) is 12.8. The smallest absolute Gasteiger partial charge is 0.356 e. The van der Waals surface area contributed by atoms with Gasteiger partial charge in [-0.25, -0.2) is 9.48 Å². The number of carboxylic acids is 1. The van der Waals surface area contributed by atoms with Crippen molar-refractivity contribution < 1.29 is 24.1 Å². The predicted molar refractivity (Wildman–Crippen MR) is 102 cm³/mol. The molecule has 26 heavy (non-hydrogen) atoms. The van der Waals surface area contributed by atoms with Gasteiger partial charge in [-0.15, -0.1) is 0 Å². The summed E-state index contributed by atoms with van der Waals surface area (Å²) in [5, 5.41) is 13.4. The Morgan fingerprint density at radius 1 is 1.19 bits per heavy atom. The Morgan fingerprint density at radius 2 is 1.92 bits per heavy atom. The first-order valence-corrected chi connectivity index (χ1v) is 12.1. The van der Waals surface area contributed by atoms with Crippen molar-refractivity contribution in [3.63, 3.8) is 0 Å². The summed E-state index contributed by atoms with van der Waals surface area (Å²) in [4.78, 5) is 11.4. The lowest BCUT2D eigenvalue weighted by molar-refractivity contribution is 0.0673. The maximum absolute atomic E-state index is 11.4. The molecule has 0 spiro atoms. The highest BCUT2D eigenvalue weighted by Crippen LogP contribution is 2.33. The van der Waals surface area contributed by atoms with Crippen LogP contribution in [0, 0.1) is 0 Å². The van der Waals surface area contributed by atoms with Gasteiger partial charge in [0, 0.05) is 26.3 Å². The lowest BCUT2D eigenvalue weighted by Crippen LogP contribution is -2.22. The first kappa shape index (κ1) is 20.0. The van der Waals surface area contributed by atoms with Crippen molar-refractivity contribution in [2.75, 3.05) is 20.8 Å². The minimum Gasteiger partial charge on any atom is -0.497 e. The molecule has 1 aromatic carbocycles. The van der Waals surface area contributed by atoms with Crippen LogP contribution in [-0.4, -0.2) is 49.8 Å². The molecule has 0 saturated heterocycles. The Kier molecular flexibility index (Phi) is 6.44. The number of rotatable bonds is 9. The van der Waals surface area contributed by atoms with Crippen molar-refractivity contribution in [2.24, 2.45) is 0 Å². The fourth-order valence-electron chi connectivity index (χ4n) is 2.38. The van der Waals surface area contributed by atoms with Crippen LogP contribution in [0.2, 0.25) is 25.7 Å². The average molecular weight is 379 g/mol. The van der Waals surface area contributed by atoms with Crippen molar-refractivity contribution in [1.29, 1.82) is 0 Å². The number of aromatic carboxylic acids is 1. The molecule has 0 bridgehead atoms. The summed E-state index contributed by atoms with van der Waals surface area (Å²) in [7, 11) is 1.94. The van der Waals surface area contributed by atoms with Crippen molar-refractivity contribution in [1.82, 2.24) is 9.78 Å². The van der Waals surface area contributed by atoms with Crippen LogP contribution in [0.15, 0.2) is 24.3 Å². The molecule has 0 radical (unpaired) electrons. The van der Waals surface area contributed by atoms with E-state index >= 15 is 0 Å². The van der Waals surface area contributed by atoms with E-state index in [1.54, 1.807) is 31.0 Å². The summed E-state index contributed by atoms with van der Waals surface area (Å²) in [6.07, 6.45) is 0. The molecule has 0 fully saturated rings. The molecular formula is C18H26N2O5Si. The van der Waals surface area contributed by atoms with Crippen LogP contribution in [0.4, 0.5) is 0 Å². The summed E-state index contributed by atoms with van der Waals surface area (Å²) in [5.41, 5.74) is 1.31. The van der Waals surface area contributed by atoms with Gasteiger partial charge in [0.1, 0.15) is 18.2 Å². The molecule has 2 aromatic rings. The number of carboxylic acid groups (broad SMARTS) is 1. The number of benzene rings is 1. The van der Waals surface area contributed by atoms with Crippen LogP contribution in [-0.2, 0) is 11.5 Å². The number of aromatic nitrogens is 2. The second kappa shape index (κ2) is 8.37. The zero-order chi connectivity index (χ0) is 19.3. The number of hydrogen-bond acceptors (Lipinski definition) is 5. The maximum Gasteiger partial charge on any atom is 0.356 e. The van der Waals surface area contributed by atoms with E-state index < -0.39 is 14.0 Å². The van der Waals surface area contributed by atoms with Crippen LogP contribution in [0.25, 0.3) is 11.3 Å². The Hall–Kier alpha value is -2.32. The van der Waals surface area contributed by atoms with Gasteiger partial charge in [-0.05, 0) is 24.2 Å². The SMILES string of the molecule is COc1ccc(-c2cc(C(=O)O)nn2COCC[Si](C)(C)C)c(OC)c1. The van der Waals surface area contributed by atoms with Crippen LogP contribution >= 0.6 is 0 Å². The highest BCUT2D eigenvalue weighted by Gasteiger charge is 2.19. The molecule has 0 aliphatic heterocycles. The standard InChI is InChI=1S/C18H26N2O5Si/c1-23-13-6-7-14(17(10-13)24-2)16-11-15(18(21)22)19-20(16)12-25-8-9-26(3,4)5/h6-7,10-11H,8-9,12H2,1-5H3,(H,21,22). The zero-order valence-electron chi connectivity index (χ0n) is 15.9. The van der Waals surface area contributed by atoms with Crippen LogP contribution in [0.1, 0.15) is 10.5 Å². The molecule has 0 atom stereocenters. The van der Waals surface area contributed by atoms with Gasteiger partial charge in [-0.2, -0.15) is 5.10 Å². The summed E-state index contributed by atoms with van der Waals surface area (Å²) in [6.45, 7) is 7.64. The van der Waals surface area contributed by atoms with E-state index in [1.807, 2.05) is 6.07 Å². The normalized spacial score (nSPS) is 11.4. The summed E-state index contributed by atoms with van der Waals surface area (Å²) in [5.74, 6) is 0.144. The van der Waals surface area contributed by atoms with Crippen molar-refractivity contribution in [2.45, 2.75) is 32.4 Å². The first-order chi connectivity index (χ1) is 12.2. The molecule has 8 heteroatoms. The molecule has 0 aliphatic carbocycles. The van der Waals surface area contributed by atoms with Crippen molar-refractivity contribution >= 4 is 14.0 Å². The third kappa shape index (κ3) is 5.09. The van der Waals surface area contributed by atoms with Gasteiger partial charge in [0.15, 0.2) is 5.69 Å². The third-order valence-electron chi connectivity index (χ3n) is 3.89. The van der Waals surface area contributed by atoms with E-state index in [2.05, 4.69) is 24.7 Å². The Bertz CT molecular complexity index is 767. The Balaban J connectivity index is 2.31. The first-order valence-electron chi connectivity index (χ1n) is 8.36. The van der Waals surface area contributed by atoms with Gasteiger partial charge in [-0.1, -0.05) is 19.6 Å². The van der Waals surface area contributed by atoms with Gasteiger partial charge in [0.2, 0.25) is 0 Å². The van der Waals surface area contributed by atoms with E-state index in [4.69, 9.17) is 14.2 Å². The molecule has 0 saturated carbocycles. The Labute approximate surface area is 154 Å². The number of hydrogen-bond donors (Lipinski definition) is 1. The minimum absolute atomic E-state index is 0.0355. The molecule has 0 unspecified atom stereocenters. The van der Waals surface area contributed by atoms with E-state index in [1.165, 1.54) is 6.07 Å². The number of nitrogens with zero attached hydrogens (tertiary/aromatic N) is 2. The highest BCUT2D eigenvalue weighted by molar-refractivity contribution is 6.76. The van der Waals surface area contributed by atoms with Crippen LogP contribution in [0.3, 0.4) is 0 Å². The van der Waals surface area contributed by atoms with Gasteiger partial charge in [0.05, 0.1) is 19.9 Å². The number of methoxy groups -OCH3 is 2. The van der Waals surface area contributed by atoms with Crippen LogP contribution < -0.4 is 9.47 Å². The second-order valence-electron chi connectivity index (χ2n) is 7.13. The molecular weight excluding hydrogens is 352 g/mol. The molecule has 1 heterocycles. The fourth-order valence-corrected chi connectivity index (χ4v) is 3.13. The van der Waals surface area contributed by atoms with Gasteiger partial charge >= 0.3 is 5.97 Å². The van der Waals surface area contributed by atoms with E-state index in [-0.39, 0.29) is 12.4 Å². The molecule has 0 aliphatic rings. The van der Waals surface area contributed by atoms with Gasteiger partial charge < -0.3 is 19.3 Å². The molecule has 7 nitrogen and oxygen atoms in total. The molecule has 1 N–H and O–H groups in total. The number of ether oxygens (including phenoxy) is 3. The van der Waals surface area contributed by atoms with Crippen molar-refractivity contribution in [3.8, 4) is 22.8 Å². The highest BCUT2D eigenvalue weighted by atomic mass is 28.3. The summed E-state index contributed by atoms with van der Waals surface area (Å²) in [6, 6.07) is 7.91. The summed E-state index contributed by atoms with van der Waals surface area (Å²) < 4.78 is 17.9. The van der Waals surface area contributed by atoms with Crippen LogP contribution in [0.5, 0.6) is 11.5 Å². The average Bonchev–Trinajstić information content (AvgIpc) is 3.01. The Morgan fingerprint density at radius 3 is 2.50 bits per heavy atom. The molecule has 0 amide bonds. The van der Waals surface area contributed by atoms with Crippen molar-refractivity contribution in [3.05, 3.63) is 30.0 Å². The van der Waals surface area contributed by atoms with E-state index in [0.717, 1.165) is 11.6 Å². The van der Waals surface area contributed by atoms with E-state index in [0.29, 0.717) is 23.8 Å². The topological polar surface area (TPSA) is 82.8 Å². The predicted octanol–water partition coefficient (Wildman–Crippen LogP) is 3.58. The molecule has 2 rings (SSSR count). The summed E-state index contributed by atoms with van der Waals surface area (Å²) >= 11 is 0. The lowest BCUT2D eigenvalue weighted by Gasteiger charge is -2.16.